The Kier molecular flexibility index (Phi) is 38.0. The van der Waals surface area contributed by atoms with Crippen molar-refractivity contribution < 1.29 is 63.8 Å². The van der Waals surface area contributed by atoms with E-state index in [1.807, 2.05) is 13.8 Å². The van der Waals surface area contributed by atoms with Crippen molar-refractivity contribution in [3.8, 4) is 0 Å². The van der Waals surface area contributed by atoms with Gasteiger partial charge in [0, 0.05) is 52.9 Å². The Balaban J connectivity index is 4.36. The van der Waals surface area contributed by atoms with Gasteiger partial charge in [-0.1, -0.05) is 53.4 Å². The van der Waals surface area contributed by atoms with Crippen LogP contribution in [0, 0.1) is 0 Å². The van der Waals surface area contributed by atoms with Crippen LogP contribution in [0.2, 0.25) is 0 Å². The minimum absolute atomic E-state index is 0.210. The molecule has 0 saturated carbocycles. The van der Waals surface area contributed by atoms with E-state index in [0.29, 0.717) is 52.9 Å². The first-order valence-electron chi connectivity index (χ1n) is 20.9. The zero-order valence-corrected chi connectivity index (χ0v) is 34.0. The minimum Gasteiger partial charge on any atom is -0.394 e. The highest BCUT2D eigenvalue weighted by Crippen LogP contribution is 2.19. The van der Waals surface area contributed by atoms with Crippen LogP contribution in [0.1, 0.15) is 130 Å². The molecule has 0 fully saturated rings. The first kappa shape index (κ1) is 52.5. The lowest BCUT2D eigenvalue weighted by Gasteiger charge is -2.33. The monoisotopic (exact) mass is 771 g/mol. The average Bonchev–Trinajstić information content (AvgIpc) is 3.17. The van der Waals surface area contributed by atoms with Crippen LogP contribution in [0.15, 0.2) is 0 Å². The zero-order chi connectivity index (χ0) is 39.4. The van der Waals surface area contributed by atoms with Crippen molar-refractivity contribution in [1.82, 2.24) is 0 Å². The van der Waals surface area contributed by atoms with Gasteiger partial charge >= 0.3 is 0 Å². The highest BCUT2D eigenvalue weighted by Gasteiger charge is 2.30. The third kappa shape index (κ3) is 27.7. The molecule has 8 atom stereocenters. The second-order valence-corrected chi connectivity index (χ2v) is 13.9. The predicted octanol–water partition coefficient (Wildman–Crippen LogP) is 4.33. The van der Waals surface area contributed by atoms with Crippen LogP contribution in [0.25, 0.3) is 0 Å². The van der Waals surface area contributed by atoms with Crippen LogP contribution in [0.4, 0.5) is 0 Å². The van der Waals surface area contributed by atoms with Gasteiger partial charge in [0.1, 0.15) is 24.4 Å². The standard InChI is InChI=1S/C40H82O13/c1-5-17-35(33(45)29-41)49-25-13-9-21-47-23-11-15-27-51-37(19-7-3)39(31-43)53-40(32-44)38(20-8-4)52-28-16-12-24-48-22-10-14-26-50-36(18-6-2)34(46)30-42/h33-46H,5-32H2,1-4H3. The SMILES string of the molecule is CCCC(OCCCCOCCCCOC(CCC)C(CO)OC(CO)C(CCC)OCCCCOCCCCOC(CCC)C(O)CO)C(O)CO. The summed E-state index contributed by atoms with van der Waals surface area (Å²) in [4.78, 5) is 0. The Bertz CT molecular complexity index is 679. The first-order valence-corrected chi connectivity index (χ1v) is 20.9. The molecule has 0 heterocycles. The van der Waals surface area contributed by atoms with Crippen molar-refractivity contribution in [1.29, 1.82) is 0 Å². The molecule has 53 heavy (non-hydrogen) atoms. The molecule has 0 saturated heterocycles. The maximum absolute atomic E-state index is 10.3. The highest BCUT2D eigenvalue weighted by molar-refractivity contribution is 4.77. The van der Waals surface area contributed by atoms with Gasteiger partial charge in [0.05, 0.1) is 50.8 Å². The van der Waals surface area contributed by atoms with E-state index in [0.717, 1.165) is 103 Å². The number of unbranched alkanes of at least 4 members (excludes halogenated alkanes) is 4. The van der Waals surface area contributed by atoms with E-state index >= 15 is 0 Å². The van der Waals surface area contributed by atoms with E-state index in [9.17, 15) is 20.4 Å². The lowest BCUT2D eigenvalue weighted by Crippen LogP contribution is -2.44. The van der Waals surface area contributed by atoms with Crippen LogP contribution < -0.4 is 0 Å². The Hall–Kier alpha value is -0.520. The van der Waals surface area contributed by atoms with Crippen molar-refractivity contribution in [2.24, 2.45) is 0 Å². The van der Waals surface area contributed by atoms with E-state index in [2.05, 4.69) is 13.8 Å². The lowest BCUT2D eigenvalue weighted by atomic mass is 10.1. The molecule has 13 nitrogen and oxygen atoms in total. The van der Waals surface area contributed by atoms with Crippen molar-refractivity contribution in [3.05, 3.63) is 0 Å². The second-order valence-electron chi connectivity index (χ2n) is 13.9. The fraction of sp³-hybridized carbons (Fsp3) is 1.00. The molecule has 13 heteroatoms. The molecule has 0 bridgehead atoms. The number of ether oxygens (including phenoxy) is 7. The van der Waals surface area contributed by atoms with E-state index < -0.39 is 24.4 Å². The van der Waals surface area contributed by atoms with Gasteiger partial charge < -0.3 is 63.8 Å². The number of hydrogen-bond donors (Lipinski definition) is 6. The molecule has 0 aliphatic heterocycles. The summed E-state index contributed by atoms with van der Waals surface area (Å²) in [5.41, 5.74) is 0. The fourth-order valence-corrected chi connectivity index (χ4v) is 5.99. The molecule has 320 valence electrons. The van der Waals surface area contributed by atoms with Crippen LogP contribution >= 0.6 is 0 Å². The van der Waals surface area contributed by atoms with Crippen LogP contribution in [0.3, 0.4) is 0 Å². The summed E-state index contributed by atoms with van der Waals surface area (Å²) in [5.74, 6) is 0. The molecule has 0 radical (unpaired) electrons. The van der Waals surface area contributed by atoms with Gasteiger partial charge in [-0.15, -0.1) is 0 Å². The molecule has 8 unspecified atom stereocenters. The molecule has 6 N–H and O–H groups in total. The molecule has 0 aromatic carbocycles. The Morgan fingerprint density at radius 3 is 0.868 bits per heavy atom. The third-order valence-electron chi connectivity index (χ3n) is 9.12. The molecule has 0 aromatic heterocycles. The zero-order valence-electron chi connectivity index (χ0n) is 34.0. The fourth-order valence-electron chi connectivity index (χ4n) is 5.99. The summed E-state index contributed by atoms with van der Waals surface area (Å²) in [6.07, 6.45) is 9.10. The number of aliphatic hydroxyl groups excluding tert-OH is 6. The smallest absolute Gasteiger partial charge is 0.107 e. The number of hydrogen-bond acceptors (Lipinski definition) is 13. The summed E-state index contributed by atoms with van der Waals surface area (Å²) < 4.78 is 41.7. The molecule has 0 amide bonds. The van der Waals surface area contributed by atoms with Crippen LogP contribution in [-0.2, 0) is 33.2 Å². The Morgan fingerprint density at radius 2 is 0.604 bits per heavy atom. The maximum Gasteiger partial charge on any atom is 0.107 e. The third-order valence-corrected chi connectivity index (χ3v) is 9.12. The van der Waals surface area contributed by atoms with Crippen molar-refractivity contribution in [3.63, 3.8) is 0 Å². The lowest BCUT2D eigenvalue weighted by molar-refractivity contribution is -0.168. The summed E-state index contributed by atoms with van der Waals surface area (Å²) >= 11 is 0. The molecule has 0 aliphatic carbocycles. The topological polar surface area (TPSA) is 186 Å². The van der Waals surface area contributed by atoms with Gasteiger partial charge in [0.25, 0.3) is 0 Å². The average molecular weight is 771 g/mol. The van der Waals surface area contributed by atoms with Gasteiger partial charge in [-0.05, 0) is 77.0 Å². The van der Waals surface area contributed by atoms with Crippen molar-refractivity contribution >= 4 is 0 Å². The number of aliphatic hydroxyl groups is 6. The van der Waals surface area contributed by atoms with Gasteiger partial charge in [-0.2, -0.15) is 0 Å². The predicted molar refractivity (Wildman–Crippen MR) is 206 cm³/mol. The summed E-state index contributed by atoms with van der Waals surface area (Å²) in [6.45, 7) is 11.8. The maximum atomic E-state index is 10.3. The summed E-state index contributed by atoms with van der Waals surface area (Å²) in [5, 5.41) is 58.5. The van der Waals surface area contributed by atoms with Gasteiger partial charge in [-0.25, -0.2) is 0 Å². The quantitative estimate of drug-likeness (QED) is 0.0483. The van der Waals surface area contributed by atoms with Crippen molar-refractivity contribution in [2.45, 2.75) is 179 Å². The molecule has 0 rings (SSSR count). The van der Waals surface area contributed by atoms with E-state index in [-0.39, 0.29) is 50.8 Å². The molecule has 0 aromatic rings. The van der Waals surface area contributed by atoms with Crippen molar-refractivity contribution in [2.75, 3.05) is 79.3 Å². The van der Waals surface area contributed by atoms with Gasteiger partial charge in [-0.3, -0.25) is 0 Å². The van der Waals surface area contributed by atoms with E-state index in [4.69, 9.17) is 43.4 Å². The van der Waals surface area contributed by atoms with E-state index in [1.165, 1.54) is 0 Å². The summed E-state index contributed by atoms with van der Waals surface area (Å²) in [6, 6.07) is 0. The largest absolute Gasteiger partial charge is 0.394 e. The summed E-state index contributed by atoms with van der Waals surface area (Å²) in [7, 11) is 0. The van der Waals surface area contributed by atoms with Crippen LogP contribution in [0.5, 0.6) is 0 Å². The molecular formula is C40H82O13. The van der Waals surface area contributed by atoms with E-state index in [1.54, 1.807) is 0 Å². The molecule has 0 spiro atoms. The van der Waals surface area contributed by atoms with Gasteiger partial charge in [0.15, 0.2) is 0 Å². The van der Waals surface area contributed by atoms with Crippen LogP contribution in [-0.4, -0.2) is 159 Å². The van der Waals surface area contributed by atoms with Gasteiger partial charge in [0.2, 0.25) is 0 Å². The molecular weight excluding hydrogens is 688 g/mol. The first-order chi connectivity index (χ1) is 25.9. The Morgan fingerprint density at radius 1 is 0.340 bits per heavy atom. The molecule has 0 aliphatic rings. The highest BCUT2D eigenvalue weighted by atomic mass is 16.6. The second kappa shape index (κ2) is 38.4. The number of rotatable bonds is 42. The normalized spacial score (nSPS) is 16.6. The Labute approximate surface area is 322 Å². The minimum atomic E-state index is -0.837.